The molecule has 0 fully saturated rings. The van der Waals surface area contributed by atoms with Crippen LogP contribution in [0.2, 0.25) is 0 Å². The quantitative estimate of drug-likeness (QED) is 0.797. The van der Waals surface area contributed by atoms with Gasteiger partial charge in [0.2, 0.25) is 0 Å². The first-order valence-electron chi connectivity index (χ1n) is 7.28. The minimum Gasteiger partial charge on any atom is -0.461 e. The van der Waals surface area contributed by atoms with Crippen LogP contribution in [0.25, 0.3) is 5.57 Å². The van der Waals surface area contributed by atoms with Gasteiger partial charge in [-0.25, -0.2) is 0 Å². The van der Waals surface area contributed by atoms with Crippen molar-refractivity contribution in [2.45, 2.75) is 12.8 Å². The molecule has 0 bridgehead atoms. The number of rotatable bonds is 3. The summed E-state index contributed by atoms with van der Waals surface area (Å²) in [5.41, 5.74) is 3.40. The monoisotopic (exact) mass is 278 g/mol. The summed E-state index contributed by atoms with van der Waals surface area (Å²) in [6.07, 6.45) is 3.62. The number of carbonyl (C=O) groups is 1. The molecule has 2 aromatic carbocycles. The Labute approximate surface area is 125 Å². The van der Waals surface area contributed by atoms with E-state index in [-0.39, 0.29) is 11.9 Å². The summed E-state index contributed by atoms with van der Waals surface area (Å²) in [6, 6.07) is 20.2. The fraction of sp³-hybridized carbons (Fsp3) is 0.211. The minimum absolute atomic E-state index is 0.0892. The van der Waals surface area contributed by atoms with Gasteiger partial charge in [0, 0.05) is 0 Å². The SMILES string of the molecule is O=C1OCC(c2ccccc2)=CC[C@@H]1Cc1ccccc1. The van der Waals surface area contributed by atoms with E-state index in [0.29, 0.717) is 6.61 Å². The largest absolute Gasteiger partial charge is 0.461 e. The van der Waals surface area contributed by atoms with Crippen LogP contribution in [0.15, 0.2) is 66.7 Å². The molecule has 1 heterocycles. The van der Waals surface area contributed by atoms with Crippen LogP contribution in [0.5, 0.6) is 0 Å². The molecule has 0 aromatic heterocycles. The fourth-order valence-electron chi connectivity index (χ4n) is 2.63. The molecule has 0 aliphatic carbocycles. The molecule has 1 aliphatic heterocycles. The van der Waals surface area contributed by atoms with Crippen molar-refractivity contribution >= 4 is 11.5 Å². The molecule has 106 valence electrons. The minimum atomic E-state index is -0.0963. The molecule has 0 unspecified atom stereocenters. The highest BCUT2D eigenvalue weighted by Crippen LogP contribution is 2.24. The molecule has 2 heteroatoms. The molecule has 0 amide bonds. The first kappa shape index (κ1) is 13.6. The molecule has 1 atom stereocenters. The van der Waals surface area contributed by atoms with Crippen molar-refractivity contribution in [3.05, 3.63) is 77.9 Å². The first-order valence-corrected chi connectivity index (χ1v) is 7.28. The first-order chi connectivity index (χ1) is 10.3. The molecule has 0 N–H and O–H groups in total. The highest BCUT2D eigenvalue weighted by molar-refractivity contribution is 5.78. The van der Waals surface area contributed by atoms with E-state index in [9.17, 15) is 4.79 Å². The highest BCUT2D eigenvalue weighted by Gasteiger charge is 2.23. The van der Waals surface area contributed by atoms with Crippen molar-refractivity contribution in [2.75, 3.05) is 6.61 Å². The van der Waals surface area contributed by atoms with Gasteiger partial charge in [-0.1, -0.05) is 66.7 Å². The Morgan fingerprint density at radius 2 is 1.62 bits per heavy atom. The number of hydrogen-bond donors (Lipinski definition) is 0. The Morgan fingerprint density at radius 3 is 2.33 bits per heavy atom. The lowest BCUT2D eigenvalue weighted by molar-refractivity contribution is -0.146. The van der Waals surface area contributed by atoms with E-state index in [0.717, 1.165) is 24.0 Å². The second-order valence-corrected chi connectivity index (χ2v) is 5.33. The van der Waals surface area contributed by atoms with Gasteiger partial charge in [0.1, 0.15) is 6.61 Å². The van der Waals surface area contributed by atoms with E-state index in [2.05, 4.69) is 30.3 Å². The number of benzene rings is 2. The molecule has 0 spiro atoms. The molecule has 0 saturated carbocycles. The van der Waals surface area contributed by atoms with Crippen LogP contribution < -0.4 is 0 Å². The van der Waals surface area contributed by atoms with Crippen molar-refractivity contribution < 1.29 is 9.53 Å². The maximum atomic E-state index is 12.1. The van der Waals surface area contributed by atoms with E-state index in [4.69, 9.17) is 4.74 Å². The number of cyclic esters (lactones) is 1. The van der Waals surface area contributed by atoms with Gasteiger partial charge in [0.25, 0.3) is 0 Å². The summed E-state index contributed by atoms with van der Waals surface area (Å²) in [6.45, 7) is 0.369. The van der Waals surface area contributed by atoms with Crippen molar-refractivity contribution in [2.24, 2.45) is 5.92 Å². The zero-order valence-corrected chi connectivity index (χ0v) is 11.9. The average Bonchev–Trinajstić information content (AvgIpc) is 2.72. The maximum absolute atomic E-state index is 12.1. The van der Waals surface area contributed by atoms with Gasteiger partial charge in [-0.3, -0.25) is 4.79 Å². The number of carbonyl (C=O) groups excluding carboxylic acids is 1. The van der Waals surface area contributed by atoms with Crippen molar-refractivity contribution in [1.29, 1.82) is 0 Å². The van der Waals surface area contributed by atoms with Crippen molar-refractivity contribution in [3.63, 3.8) is 0 Å². The van der Waals surface area contributed by atoms with Gasteiger partial charge in [-0.05, 0) is 29.5 Å². The highest BCUT2D eigenvalue weighted by atomic mass is 16.5. The Balaban J connectivity index is 1.75. The van der Waals surface area contributed by atoms with Gasteiger partial charge in [0.15, 0.2) is 0 Å². The van der Waals surface area contributed by atoms with Crippen LogP contribution in [-0.4, -0.2) is 12.6 Å². The van der Waals surface area contributed by atoms with Crippen LogP contribution in [0.4, 0.5) is 0 Å². The number of esters is 1. The maximum Gasteiger partial charge on any atom is 0.309 e. The van der Waals surface area contributed by atoms with E-state index in [1.807, 2.05) is 36.4 Å². The van der Waals surface area contributed by atoms with E-state index in [1.54, 1.807) is 0 Å². The normalized spacial score (nSPS) is 18.6. The molecule has 1 aliphatic rings. The zero-order chi connectivity index (χ0) is 14.5. The predicted molar refractivity (Wildman–Crippen MR) is 83.6 cm³/mol. The third kappa shape index (κ3) is 3.40. The smallest absolute Gasteiger partial charge is 0.309 e. The van der Waals surface area contributed by atoms with Gasteiger partial charge in [0.05, 0.1) is 5.92 Å². The number of allylic oxidation sites excluding steroid dienone is 1. The van der Waals surface area contributed by atoms with Crippen LogP contribution in [0.1, 0.15) is 17.5 Å². The fourth-order valence-corrected chi connectivity index (χ4v) is 2.63. The third-order valence-corrected chi connectivity index (χ3v) is 3.82. The van der Waals surface area contributed by atoms with Crippen molar-refractivity contribution in [1.82, 2.24) is 0 Å². The molecule has 2 nitrogen and oxygen atoms in total. The lowest BCUT2D eigenvalue weighted by atomic mass is 9.95. The second-order valence-electron chi connectivity index (χ2n) is 5.33. The Bertz CT molecular complexity index is 629. The van der Waals surface area contributed by atoms with Crippen LogP contribution in [-0.2, 0) is 16.0 Å². The Morgan fingerprint density at radius 1 is 0.952 bits per heavy atom. The van der Waals surface area contributed by atoms with Gasteiger partial charge < -0.3 is 4.74 Å². The third-order valence-electron chi connectivity index (χ3n) is 3.82. The molecule has 2 aromatic rings. The predicted octanol–water partition coefficient (Wildman–Crippen LogP) is 3.88. The van der Waals surface area contributed by atoms with E-state index >= 15 is 0 Å². The lowest BCUT2D eigenvalue weighted by Gasteiger charge is -2.11. The molecular formula is C19H18O2. The average molecular weight is 278 g/mol. The number of hydrogen-bond acceptors (Lipinski definition) is 2. The van der Waals surface area contributed by atoms with Gasteiger partial charge >= 0.3 is 5.97 Å². The summed E-state index contributed by atoms with van der Waals surface area (Å²) >= 11 is 0. The molecular weight excluding hydrogens is 260 g/mol. The standard InChI is InChI=1S/C19H18O2/c20-19-17(13-15-7-3-1-4-8-15)11-12-18(14-21-19)16-9-5-2-6-10-16/h1-10,12,17H,11,13-14H2/t17-/m1/s1. The molecule has 21 heavy (non-hydrogen) atoms. The van der Waals surface area contributed by atoms with Crippen LogP contribution >= 0.6 is 0 Å². The topological polar surface area (TPSA) is 26.3 Å². The van der Waals surface area contributed by atoms with Crippen LogP contribution in [0.3, 0.4) is 0 Å². The van der Waals surface area contributed by atoms with Crippen LogP contribution in [0, 0.1) is 5.92 Å². The second kappa shape index (κ2) is 6.40. The lowest BCUT2D eigenvalue weighted by Crippen LogP contribution is -2.18. The van der Waals surface area contributed by atoms with E-state index in [1.165, 1.54) is 5.56 Å². The van der Waals surface area contributed by atoms with Gasteiger partial charge in [-0.15, -0.1) is 0 Å². The summed E-state index contributed by atoms with van der Waals surface area (Å²) in [4.78, 5) is 12.1. The van der Waals surface area contributed by atoms with Gasteiger partial charge in [-0.2, -0.15) is 0 Å². The molecule has 3 rings (SSSR count). The van der Waals surface area contributed by atoms with E-state index < -0.39 is 0 Å². The summed E-state index contributed by atoms with van der Waals surface area (Å²) < 4.78 is 5.45. The molecule has 0 saturated heterocycles. The Hall–Kier alpha value is -2.35. The van der Waals surface area contributed by atoms with Crippen molar-refractivity contribution in [3.8, 4) is 0 Å². The Kier molecular flexibility index (Phi) is 4.15. The summed E-state index contributed by atoms with van der Waals surface area (Å²) in [7, 11) is 0. The molecule has 0 radical (unpaired) electrons. The summed E-state index contributed by atoms with van der Waals surface area (Å²) in [5.74, 6) is -0.186. The zero-order valence-electron chi connectivity index (χ0n) is 11.9. The summed E-state index contributed by atoms with van der Waals surface area (Å²) in [5, 5.41) is 0. The number of ether oxygens (including phenoxy) is 1.